The Hall–Kier alpha value is -3.89. The first-order chi connectivity index (χ1) is 18.9. The third kappa shape index (κ3) is 5.22. The molecule has 39 heavy (non-hydrogen) atoms. The van der Waals surface area contributed by atoms with Gasteiger partial charge in [0.2, 0.25) is 0 Å². The average molecular weight is 531 g/mol. The molecular formula is C29H31FN6O3. The second-order valence-corrected chi connectivity index (χ2v) is 10.6. The largest absolute Gasteiger partial charge is 0.388 e. The van der Waals surface area contributed by atoms with Gasteiger partial charge in [-0.05, 0) is 80.7 Å². The number of likely N-dealkylation sites (tertiary alicyclic amines) is 2. The standard InChI is InChI=1S/C29H31FN6O3/c30-23-6-8-24(9-7-23)36-26-25(17-32-36)28(38)35(20-31-26)19-29(39)10-14-34(15-11-29)27(37)22-5-3-4-21(16-22)18-33-12-1-2-13-33/h3-9,16-17,20,39H,1-2,10-15,18-19H2. The average Bonchev–Trinajstić information content (AvgIpc) is 3.61. The van der Waals surface area contributed by atoms with Gasteiger partial charge in [0, 0.05) is 25.2 Å². The van der Waals surface area contributed by atoms with Crippen LogP contribution in [0.4, 0.5) is 4.39 Å². The number of hydrogen-bond donors (Lipinski definition) is 1. The van der Waals surface area contributed by atoms with E-state index >= 15 is 0 Å². The molecule has 2 aromatic carbocycles. The fourth-order valence-corrected chi connectivity index (χ4v) is 5.62. The molecule has 0 saturated carbocycles. The quantitative estimate of drug-likeness (QED) is 0.412. The van der Waals surface area contributed by atoms with Crippen molar-refractivity contribution in [2.45, 2.75) is 44.4 Å². The first-order valence-electron chi connectivity index (χ1n) is 13.4. The normalized spacial score (nSPS) is 17.6. The maximum atomic E-state index is 13.3. The molecule has 0 bridgehead atoms. The van der Waals surface area contributed by atoms with Gasteiger partial charge < -0.3 is 10.0 Å². The van der Waals surface area contributed by atoms with Crippen molar-refractivity contribution in [1.82, 2.24) is 29.1 Å². The Morgan fingerprint density at radius 2 is 1.77 bits per heavy atom. The Labute approximate surface area is 225 Å². The highest BCUT2D eigenvalue weighted by atomic mass is 19.1. The Morgan fingerprint density at radius 3 is 2.51 bits per heavy atom. The third-order valence-electron chi connectivity index (χ3n) is 7.85. The highest BCUT2D eigenvalue weighted by Gasteiger charge is 2.35. The van der Waals surface area contributed by atoms with Crippen LogP contribution in [0.5, 0.6) is 0 Å². The summed E-state index contributed by atoms with van der Waals surface area (Å²) < 4.78 is 16.2. The van der Waals surface area contributed by atoms with Crippen LogP contribution in [0.2, 0.25) is 0 Å². The molecule has 0 aliphatic carbocycles. The van der Waals surface area contributed by atoms with Gasteiger partial charge >= 0.3 is 0 Å². The van der Waals surface area contributed by atoms with E-state index in [2.05, 4.69) is 21.0 Å². The molecule has 1 amide bonds. The first-order valence-corrected chi connectivity index (χ1v) is 13.4. The minimum absolute atomic E-state index is 0.0335. The second kappa shape index (κ2) is 10.3. The molecular weight excluding hydrogens is 499 g/mol. The van der Waals surface area contributed by atoms with Crippen LogP contribution in [0.15, 0.2) is 65.8 Å². The number of rotatable bonds is 6. The predicted octanol–water partition coefficient (Wildman–Crippen LogP) is 2.98. The van der Waals surface area contributed by atoms with Gasteiger partial charge in [-0.15, -0.1) is 0 Å². The van der Waals surface area contributed by atoms with Gasteiger partial charge in [-0.1, -0.05) is 12.1 Å². The van der Waals surface area contributed by atoms with Crippen LogP contribution in [0.3, 0.4) is 0 Å². The number of aromatic nitrogens is 4. The third-order valence-corrected chi connectivity index (χ3v) is 7.85. The zero-order chi connectivity index (χ0) is 27.0. The number of nitrogens with zero attached hydrogens (tertiary/aromatic N) is 6. The van der Waals surface area contributed by atoms with E-state index in [9.17, 15) is 19.1 Å². The molecule has 0 unspecified atom stereocenters. The summed E-state index contributed by atoms with van der Waals surface area (Å²) in [4.78, 5) is 35.0. The van der Waals surface area contributed by atoms with Crippen LogP contribution >= 0.6 is 0 Å². The van der Waals surface area contributed by atoms with Gasteiger partial charge in [0.15, 0.2) is 5.65 Å². The summed E-state index contributed by atoms with van der Waals surface area (Å²) in [6, 6.07) is 13.6. The van der Waals surface area contributed by atoms with E-state index in [4.69, 9.17) is 0 Å². The van der Waals surface area contributed by atoms with Gasteiger partial charge in [-0.25, -0.2) is 14.1 Å². The molecule has 0 spiro atoms. The van der Waals surface area contributed by atoms with Crippen LogP contribution < -0.4 is 5.56 Å². The maximum absolute atomic E-state index is 13.3. The molecule has 6 rings (SSSR count). The summed E-state index contributed by atoms with van der Waals surface area (Å²) in [5, 5.41) is 15.9. The number of carbonyl (C=O) groups excluding carboxylic acids is 1. The van der Waals surface area contributed by atoms with E-state index in [1.54, 1.807) is 17.0 Å². The molecule has 2 aromatic heterocycles. The minimum Gasteiger partial charge on any atom is -0.388 e. The van der Waals surface area contributed by atoms with Gasteiger partial charge in [0.1, 0.15) is 17.5 Å². The molecule has 1 N–H and O–H groups in total. The van der Waals surface area contributed by atoms with Crippen LogP contribution in [-0.2, 0) is 13.1 Å². The molecule has 202 valence electrons. The number of piperidine rings is 1. The fraction of sp³-hybridized carbons (Fsp3) is 0.379. The van der Waals surface area contributed by atoms with Crippen molar-refractivity contribution in [3.05, 3.63) is 88.4 Å². The lowest BCUT2D eigenvalue weighted by Gasteiger charge is -2.38. The molecule has 4 aromatic rings. The van der Waals surface area contributed by atoms with Crippen molar-refractivity contribution in [3.8, 4) is 5.69 Å². The number of benzene rings is 2. The summed E-state index contributed by atoms with van der Waals surface area (Å²) >= 11 is 0. The fourth-order valence-electron chi connectivity index (χ4n) is 5.62. The summed E-state index contributed by atoms with van der Waals surface area (Å²) in [6.07, 6.45) is 6.01. The van der Waals surface area contributed by atoms with Gasteiger partial charge in [-0.3, -0.25) is 19.1 Å². The first kappa shape index (κ1) is 25.4. The van der Waals surface area contributed by atoms with Crippen LogP contribution in [0.25, 0.3) is 16.7 Å². The smallest absolute Gasteiger partial charge is 0.264 e. The second-order valence-electron chi connectivity index (χ2n) is 10.6. The summed E-state index contributed by atoms with van der Waals surface area (Å²) in [5.74, 6) is -0.397. The molecule has 2 aliphatic rings. The summed E-state index contributed by atoms with van der Waals surface area (Å²) in [7, 11) is 0. The van der Waals surface area contributed by atoms with E-state index in [0.29, 0.717) is 48.2 Å². The lowest BCUT2D eigenvalue weighted by atomic mass is 9.90. The number of aliphatic hydroxyl groups is 1. The Morgan fingerprint density at radius 1 is 1.03 bits per heavy atom. The number of hydrogen-bond acceptors (Lipinski definition) is 6. The van der Waals surface area contributed by atoms with Gasteiger partial charge in [0.05, 0.1) is 24.0 Å². The summed E-state index contributed by atoms with van der Waals surface area (Å²) in [6.45, 7) is 3.94. The zero-order valence-corrected chi connectivity index (χ0v) is 21.7. The zero-order valence-electron chi connectivity index (χ0n) is 21.7. The van der Waals surface area contributed by atoms with E-state index in [1.165, 1.54) is 46.7 Å². The molecule has 0 atom stereocenters. The highest BCUT2D eigenvalue weighted by molar-refractivity contribution is 5.94. The summed E-state index contributed by atoms with van der Waals surface area (Å²) in [5.41, 5.74) is 1.31. The minimum atomic E-state index is -1.14. The molecule has 9 nitrogen and oxygen atoms in total. The van der Waals surface area contributed by atoms with Crippen molar-refractivity contribution in [1.29, 1.82) is 0 Å². The van der Waals surface area contributed by atoms with Gasteiger partial charge in [0.25, 0.3) is 11.5 Å². The van der Waals surface area contributed by atoms with E-state index in [0.717, 1.165) is 25.2 Å². The molecule has 10 heteroatoms. The van der Waals surface area contributed by atoms with Crippen LogP contribution in [0.1, 0.15) is 41.6 Å². The van der Waals surface area contributed by atoms with Crippen molar-refractivity contribution in [3.63, 3.8) is 0 Å². The number of amides is 1. The maximum Gasteiger partial charge on any atom is 0.264 e. The lowest BCUT2D eigenvalue weighted by Crippen LogP contribution is -2.49. The molecule has 4 heterocycles. The SMILES string of the molecule is O=C(c1cccc(CN2CCCC2)c1)N1CCC(O)(Cn2cnc3c(cnn3-c3ccc(F)cc3)c2=O)CC1. The van der Waals surface area contributed by atoms with E-state index < -0.39 is 5.60 Å². The van der Waals surface area contributed by atoms with E-state index in [1.807, 2.05) is 18.2 Å². The van der Waals surface area contributed by atoms with Gasteiger partial charge in [-0.2, -0.15) is 5.10 Å². The lowest BCUT2D eigenvalue weighted by molar-refractivity contribution is -0.0299. The number of fused-ring (bicyclic) bond motifs is 1. The Kier molecular flexibility index (Phi) is 6.74. The monoisotopic (exact) mass is 530 g/mol. The number of carbonyl (C=O) groups is 1. The predicted molar refractivity (Wildman–Crippen MR) is 144 cm³/mol. The molecule has 2 fully saturated rings. The van der Waals surface area contributed by atoms with E-state index in [-0.39, 0.29) is 23.8 Å². The molecule has 2 aliphatic heterocycles. The van der Waals surface area contributed by atoms with Crippen molar-refractivity contribution in [2.24, 2.45) is 0 Å². The molecule has 2 saturated heterocycles. The van der Waals surface area contributed by atoms with Crippen LogP contribution in [0, 0.1) is 5.82 Å². The number of halogens is 1. The van der Waals surface area contributed by atoms with Crippen molar-refractivity contribution < 1.29 is 14.3 Å². The Balaban J connectivity index is 1.12. The van der Waals surface area contributed by atoms with Crippen molar-refractivity contribution in [2.75, 3.05) is 26.2 Å². The molecule has 0 radical (unpaired) electrons. The Bertz CT molecular complexity index is 1550. The van der Waals surface area contributed by atoms with Crippen molar-refractivity contribution >= 4 is 16.9 Å². The topological polar surface area (TPSA) is 96.5 Å². The van der Waals surface area contributed by atoms with Crippen LogP contribution in [-0.4, -0.2) is 71.9 Å². The highest BCUT2D eigenvalue weighted by Crippen LogP contribution is 2.26.